The summed E-state index contributed by atoms with van der Waals surface area (Å²) in [4.78, 5) is 24.1. The number of carboxylic acids is 1. The summed E-state index contributed by atoms with van der Waals surface area (Å²) in [7, 11) is 0. The summed E-state index contributed by atoms with van der Waals surface area (Å²) in [6.07, 6.45) is 17.7. The van der Waals surface area contributed by atoms with Crippen LogP contribution in [0.3, 0.4) is 0 Å². The summed E-state index contributed by atoms with van der Waals surface area (Å²) in [5.74, 6) is -0.617. The van der Waals surface area contributed by atoms with Crippen molar-refractivity contribution in [2.75, 3.05) is 13.2 Å². The van der Waals surface area contributed by atoms with E-state index in [1.165, 1.54) is 5.57 Å². The zero-order valence-electron chi connectivity index (χ0n) is 25.4. The SMILES string of the molecule is CC(C)=CCC(C)(C)[C@@H](/C=C/[C@H]1[C@H](OC2CCCCO2)CC(=O)[C@@H]1CCCCCCC(=O)O)OC1CCCCO1. The molecule has 0 aromatic carbocycles. The third-order valence-corrected chi connectivity index (χ3v) is 8.58. The van der Waals surface area contributed by atoms with Crippen LogP contribution in [0.2, 0.25) is 0 Å². The maximum absolute atomic E-state index is 13.3. The molecule has 6 atom stereocenters. The molecule has 0 bridgehead atoms. The van der Waals surface area contributed by atoms with Crippen molar-refractivity contribution in [1.82, 2.24) is 0 Å². The van der Waals surface area contributed by atoms with Crippen molar-refractivity contribution in [1.29, 1.82) is 0 Å². The normalized spacial score (nSPS) is 28.6. The number of ketones is 1. The van der Waals surface area contributed by atoms with Crippen LogP contribution in [0.5, 0.6) is 0 Å². The van der Waals surface area contributed by atoms with Crippen LogP contribution in [-0.4, -0.2) is 54.9 Å². The van der Waals surface area contributed by atoms with Gasteiger partial charge in [0, 0.05) is 37.9 Å². The van der Waals surface area contributed by atoms with Crippen molar-refractivity contribution in [3.05, 3.63) is 23.8 Å². The third-order valence-electron chi connectivity index (χ3n) is 8.58. The van der Waals surface area contributed by atoms with Gasteiger partial charge < -0.3 is 24.1 Å². The Hall–Kier alpha value is -1.54. The van der Waals surface area contributed by atoms with E-state index in [1.807, 2.05) is 0 Å². The van der Waals surface area contributed by atoms with Gasteiger partial charge in [0.15, 0.2) is 12.6 Å². The first-order valence-corrected chi connectivity index (χ1v) is 15.8. The molecule has 7 nitrogen and oxygen atoms in total. The van der Waals surface area contributed by atoms with Gasteiger partial charge in [-0.25, -0.2) is 0 Å². The van der Waals surface area contributed by atoms with E-state index in [4.69, 9.17) is 24.1 Å². The van der Waals surface area contributed by atoms with E-state index < -0.39 is 5.97 Å². The third kappa shape index (κ3) is 11.0. The van der Waals surface area contributed by atoms with Gasteiger partial charge in [-0.05, 0) is 77.0 Å². The smallest absolute Gasteiger partial charge is 0.303 e. The topological polar surface area (TPSA) is 91.3 Å². The van der Waals surface area contributed by atoms with Crippen LogP contribution < -0.4 is 0 Å². The fourth-order valence-electron chi connectivity index (χ4n) is 6.00. The molecule has 0 spiro atoms. The van der Waals surface area contributed by atoms with Gasteiger partial charge in [0.05, 0.1) is 12.2 Å². The van der Waals surface area contributed by atoms with Crippen molar-refractivity contribution in [2.45, 2.75) is 142 Å². The van der Waals surface area contributed by atoms with Gasteiger partial charge in [-0.15, -0.1) is 0 Å². The molecule has 0 aromatic heterocycles. The molecule has 2 heterocycles. The van der Waals surface area contributed by atoms with Gasteiger partial charge in [-0.2, -0.15) is 0 Å². The molecule has 228 valence electrons. The lowest BCUT2D eigenvalue weighted by atomic mass is 9.80. The first-order valence-electron chi connectivity index (χ1n) is 15.8. The monoisotopic (exact) mass is 562 g/mol. The molecule has 2 saturated heterocycles. The number of carboxylic acid groups (broad SMARTS) is 1. The van der Waals surface area contributed by atoms with Crippen LogP contribution in [-0.2, 0) is 28.5 Å². The quantitative estimate of drug-likeness (QED) is 0.155. The van der Waals surface area contributed by atoms with E-state index in [2.05, 4.69) is 45.9 Å². The highest BCUT2D eigenvalue weighted by atomic mass is 16.7. The summed E-state index contributed by atoms with van der Waals surface area (Å²) >= 11 is 0. The van der Waals surface area contributed by atoms with Crippen molar-refractivity contribution in [2.24, 2.45) is 17.3 Å². The fourth-order valence-corrected chi connectivity index (χ4v) is 6.00. The molecule has 3 rings (SSSR count). The number of hydrogen-bond donors (Lipinski definition) is 1. The lowest BCUT2D eigenvalue weighted by molar-refractivity contribution is -0.197. The number of allylic oxidation sites excluding steroid dienone is 2. The van der Waals surface area contributed by atoms with Crippen molar-refractivity contribution < 1.29 is 33.6 Å². The molecule has 40 heavy (non-hydrogen) atoms. The average Bonchev–Trinajstić information content (AvgIpc) is 3.21. The van der Waals surface area contributed by atoms with Crippen LogP contribution >= 0.6 is 0 Å². The fraction of sp³-hybridized carbons (Fsp3) is 0.818. The van der Waals surface area contributed by atoms with Crippen LogP contribution in [0, 0.1) is 17.3 Å². The largest absolute Gasteiger partial charge is 0.481 e. The molecule has 1 saturated carbocycles. The maximum atomic E-state index is 13.3. The van der Waals surface area contributed by atoms with Crippen LogP contribution in [0.4, 0.5) is 0 Å². The van der Waals surface area contributed by atoms with E-state index in [0.29, 0.717) is 19.4 Å². The summed E-state index contributed by atoms with van der Waals surface area (Å²) in [6, 6.07) is 0. The second-order valence-electron chi connectivity index (χ2n) is 12.9. The molecule has 3 aliphatic rings. The van der Waals surface area contributed by atoms with Gasteiger partial charge in [0.1, 0.15) is 5.78 Å². The minimum atomic E-state index is -0.746. The van der Waals surface area contributed by atoms with Crippen molar-refractivity contribution in [3.8, 4) is 0 Å². The van der Waals surface area contributed by atoms with Crippen LogP contribution in [0.15, 0.2) is 23.8 Å². The van der Waals surface area contributed by atoms with E-state index in [9.17, 15) is 9.59 Å². The molecule has 0 amide bonds. The predicted molar refractivity (Wildman–Crippen MR) is 156 cm³/mol. The maximum Gasteiger partial charge on any atom is 0.303 e. The summed E-state index contributed by atoms with van der Waals surface area (Å²) in [5.41, 5.74) is 1.13. The van der Waals surface area contributed by atoms with Crippen LogP contribution in [0.25, 0.3) is 0 Å². The Balaban J connectivity index is 1.75. The lowest BCUT2D eigenvalue weighted by Crippen LogP contribution is -2.36. The number of rotatable bonds is 16. The molecule has 0 aromatic rings. The van der Waals surface area contributed by atoms with Gasteiger partial charge >= 0.3 is 5.97 Å². The van der Waals surface area contributed by atoms with E-state index in [1.54, 1.807) is 0 Å². The first-order chi connectivity index (χ1) is 19.2. The van der Waals surface area contributed by atoms with Gasteiger partial charge in [0.25, 0.3) is 0 Å². The number of carbonyl (C=O) groups excluding carboxylic acids is 1. The Bertz CT molecular complexity index is 832. The van der Waals surface area contributed by atoms with E-state index in [0.717, 1.165) is 77.2 Å². The van der Waals surface area contributed by atoms with E-state index >= 15 is 0 Å². The highest BCUT2D eigenvalue weighted by Crippen LogP contribution is 2.39. The number of hydrogen-bond acceptors (Lipinski definition) is 6. The van der Waals surface area contributed by atoms with E-state index in [-0.39, 0.29) is 54.2 Å². The Morgan fingerprint density at radius 3 is 2.33 bits per heavy atom. The standard InChI is InChI=1S/C33H54O7/c1-24(2)19-20-33(3,4)29(40-32-16-10-12-22-38-32)18-17-26-25(13-7-5-6-8-14-30(35)36)27(34)23-28(26)39-31-15-9-11-21-37-31/h17-19,25-26,28-29,31-32H,5-16,20-23H2,1-4H3,(H,35,36)/b18-17+/t25-,26-,28-,29-,31?,32?/m1/s1. The molecule has 0 radical (unpaired) electrons. The summed E-state index contributed by atoms with van der Waals surface area (Å²) in [6.45, 7) is 10.2. The minimum absolute atomic E-state index is 0.0327. The number of Topliss-reactive ketones (excluding diaryl/α,β-unsaturated/α-hetero) is 1. The zero-order valence-corrected chi connectivity index (χ0v) is 25.4. The van der Waals surface area contributed by atoms with Gasteiger partial charge in [0.2, 0.25) is 0 Å². The molecule has 2 aliphatic heterocycles. The molecule has 3 fully saturated rings. The molecular weight excluding hydrogens is 508 g/mol. The Labute approximate surface area is 242 Å². The Morgan fingerprint density at radius 2 is 1.70 bits per heavy atom. The number of unbranched alkanes of at least 4 members (excludes halogenated alkanes) is 3. The van der Waals surface area contributed by atoms with Gasteiger partial charge in [-0.3, -0.25) is 9.59 Å². The minimum Gasteiger partial charge on any atom is -0.481 e. The highest BCUT2D eigenvalue weighted by molar-refractivity contribution is 5.84. The Morgan fingerprint density at radius 1 is 1.02 bits per heavy atom. The molecule has 7 heteroatoms. The molecular formula is C33H54O7. The number of aliphatic carboxylic acids is 1. The van der Waals surface area contributed by atoms with Gasteiger partial charge in [-0.1, -0.05) is 56.9 Å². The predicted octanol–water partition coefficient (Wildman–Crippen LogP) is 7.38. The summed E-state index contributed by atoms with van der Waals surface area (Å²) < 4.78 is 24.9. The van der Waals surface area contributed by atoms with Crippen molar-refractivity contribution in [3.63, 3.8) is 0 Å². The number of carbonyl (C=O) groups is 2. The highest BCUT2D eigenvalue weighted by Gasteiger charge is 2.43. The zero-order chi connectivity index (χ0) is 29.0. The Kier molecular flexibility index (Phi) is 13.8. The molecule has 1 N–H and O–H groups in total. The second kappa shape index (κ2) is 16.8. The lowest BCUT2D eigenvalue weighted by Gasteiger charge is -2.36. The average molecular weight is 563 g/mol. The summed E-state index contributed by atoms with van der Waals surface area (Å²) in [5, 5.41) is 8.90. The first kappa shape index (κ1) is 33.0. The number of ether oxygens (including phenoxy) is 4. The van der Waals surface area contributed by atoms with Crippen molar-refractivity contribution >= 4 is 11.8 Å². The molecule has 2 unspecified atom stereocenters. The van der Waals surface area contributed by atoms with Crippen LogP contribution in [0.1, 0.15) is 118 Å². The molecule has 1 aliphatic carbocycles. The second-order valence-corrected chi connectivity index (χ2v) is 12.9.